The predicted octanol–water partition coefficient (Wildman–Crippen LogP) is 5.90. The number of benzene rings is 2. The Morgan fingerprint density at radius 3 is 2.39 bits per heavy atom. The second-order valence-corrected chi connectivity index (χ2v) is 13.1. The van der Waals surface area contributed by atoms with E-state index in [0.29, 0.717) is 28.7 Å². The van der Waals surface area contributed by atoms with Crippen LogP contribution < -0.4 is 4.74 Å². The van der Waals surface area contributed by atoms with Crippen LogP contribution in [0, 0.1) is 32.1 Å². The number of thiophene rings is 1. The molecule has 0 bridgehead atoms. The Balaban J connectivity index is 1.36. The van der Waals surface area contributed by atoms with Crippen LogP contribution in [0.25, 0.3) is 16.1 Å². The summed E-state index contributed by atoms with van der Waals surface area (Å²) in [6.45, 7) is 11.5. The van der Waals surface area contributed by atoms with E-state index in [9.17, 15) is 20.0 Å². The summed E-state index contributed by atoms with van der Waals surface area (Å²) in [6, 6.07) is 14.7. The Morgan fingerprint density at radius 2 is 1.72 bits per heavy atom. The molecule has 0 saturated carbocycles. The molecule has 1 aliphatic rings. The highest BCUT2D eigenvalue weighted by Gasteiger charge is 2.32. The number of fused-ring (bicyclic) bond motifs is 3. The van der Waals surface area contributed by atoms with E-state index in [-0.39, 0.29) is 26.2 Å². The number of nitriles is 1. The minimum atomic E-state index is -0.970. The van der Waals surface area contributed by atoms with Crippen molar-refractivity contribution in [3.8, 4) is 27.9 Å². The van der Waals surface area contributed by atoms with Crippen LogP contribution in [0.2, 0.25) is 0 Å². The van der Waals surface area contributed by atoms with Gasteiger partial charge in [-0.05, 0) is 70.4 Å². The van der Waals surface area contributed by atoms with Crippen molar-refractivity contribution in [2.24, 2.45) is 4.99 Å². The highest BCUT2D eigenvalue weighted by molar-refractivity contribution is 7.15. The van der Waals surface area contributed by atoms with Gasteiger partial charge in [0, 0.05) is 16.0 Å². The van der Waals surface area contributed by atoms with Gasteiger partial charge in [-0.3, -0.25) is 14.4 Å². The molecular formula is C34H35N5O6S. The quantitative estimate of drug-likeness (QED) is 0.165. The van der Waals surface area contributed by atoms with Crippen molar-refractivity contribution in [3.05, 3.63) is 81.2 Å². The van der Waals surface area contributed by atoms with Crippen LogP contribution in [0.15, 0.2) is 47.5 Å². The molecule has 0 amide bonds. The zero-order valence-electron chi connectivity index (χ0n) is 26.6. The van der Waals surface area contributed by atoms with Gasteiger partial charge in [0.15, 0.2) is 5.82 Å². The number of hydrogen-bond donors (Lipinski definition) is 1. The van der Waals surface area contributed by atoms with Crippen LogP contribution >= 0.6 is 11.3 Å². The van der Waals surface area contributed by atoms with Crippen LogP contribution in [0.5, 0.6) is 5.75 Å². The Hall–Kier alpha value is -4.86. The number of rotatable bonds is 10. The second kappa shape index (κ2) is 13.2. The average Bonchev–Trinajstić information content (AvgIpc) is 3.47. The van der Waals surface area contributed by atoms with Crippen LogP contribution in [-0.4, -0.2) is 62.9 Å². The van der Waals surface area contributed by atoms with Crippen molar-refractivity contribution < 1.29 is 28.9 Å². The average molecular weight is 642 g/mol. The van der Waals surface area contributed by atoms with Gasteiger partial charge in [0.05, 0.1) is 24.3 Å². The Labute approximate surface area is 271 Å². The third-order valence-electron chi connectivity index (χ3n) is 7.32. The van der Waals surface area contributed by atoms with E-state index in [2.05, 4.69) is 23.2 Å². The third-order valence-corrected chi connectivity index (χ3v) is 8.52. The molecule has 4 aromatic rings. The zero-order valence-corrected chi connectivity index (χ0v) is 27.4. The van der Waals surface area contributed by atoms with Crippen LogP contribution in [0.1, 0.15) is 72.0 Å². The first-order valence-electron chi connectivity index (χ1n) is 14.8. The van der Waals surface area contributed by atoms with E-state index in [4.69, 9.17) is 19.2 Å². The smallest absolute Gasteiger partial charge is 0.332 e. The highest BCUT2D eigenvalue weighted by atomic mass is 32.1. The lowest BCUT2D eigenvalue weighted by atomic mass is 9.96. The number of aliphatic carboxylic acids is 1. The fourth-order valence-electron chi connectivity index (χ4n) is 5.17. The molecule has 0 radical (unpaired) electrons. The molecule has 0 saturated heterocycles. The molecule has 1 aliphatic heterocycles. The molecule has 0 spiro atoms. The number of carboxylic acid groups (broad SMARTS) is 1. The fourth-order valence-corrected chi connectivity index (χ4v) is 6.38. The standard InChI is InChI=1S/C34H35N5O6S/c1-19-20(2)46-33-30(19)31(36-26(16-28(40)41)32-38-37-21(3)39(32)33)23-9-7-22(8-10-23)24-11-12-27(25(15-24)17-35)44-14-13-43-18-29(42)45-34(4,5)6/h7-12,15,26H,13-14,16,18H2,1-6H3,(H,40,41)/t26-/m0/s1. The maximum Gasteiger partial charge on any atom is 0.332 e. The maximum absolute atomic E-state index is 11.8. The van der Waals surface area contributed by atoms with Crippen molar-refractivity contribution in [1.82, 2.24) is 14.8 Å². The lowest BCUT2D eigenvalue weighted by Crippen LogP contribution is -2.27. The molecule has 0 unspecified atom stereocenters. The third kappa shape index (κ3) is 7.01. The molecule has 1 N–H and O–H groups in total. The highest BCUT2D eigenvalue weighted by Crippen LogP contribution is 2.39. The Bertz CT molecular complexity index is 1860. The number of carbonyl (C=O) groups is 2. The predicted molar refractivity (Wildman–Crippen MR) is 173 cm³/mol. The lowest BCUT2D eigenvalue weighted by molar-refractivity contribution is -0.160. The first-order chi connectivity index (χ1) is 21.9. The van der Waals surface area contributed by atoms with Gasteiger partial charge in [-0.2, -0.15) is 5.26 Å². The van der Waals surface area contributed by atoms with Gasteiger partial charge < -0.3 is 19.3 Å². The molecular weight excluding hydrogens is 606 g/mol. The lowest BCUT2D eigenvalue weighted by Gasteiger charge is -2.19. The molecule has 2 aromatic heterocycles. The molecule has 46 heavy (non-hydrogen) atoms. The fraction of sp³-hybridized carbons (Fsp3) is 0.353. The van der Waals surface area contributed by atoms with Gasteiger partial charge in [-0.25, -0.2) is 4.79 Å². The van der Waals surface area contributed by atoms with E-state index in [1.165, 1.54) is 0 Å². The molecule has 1 atom stereocenters. The van der Waals surface area contributed by atoms with Crippen molar-refractivity contribution in [2.75, 3.05) is 19.8 Å². The van der Waals surface area contributed by atoms with Crippen molar-refractivity contribution in [3.63, 3.8) is 0 Å². The van der Waals surface area contributed by atoms with Gasteiger partial charge in [0.1, 0.15) is 47.5 Å². The largest absolute Gasteiger partial charge is 0.490 e. The van der Waals surface area contributed by atoms with Crippen molar-refractivity contribution in [2.45, 2.75) is 59.6 Å². The number of carboxylic acids is 1. The first-order valence-corrected chi connectivity index (χ1v) is 15.6. The summed E-state index contributed by atoms with van der Waals surface area (Å²) >= 11 is 1.61. The monoisotopic (exact) mass is 641 g/mol. The van der Waals surface area contributed by atoms with Gasteiger partial charge in [-0.1, -0.05) is 30.3 Å². The number of ether oxygens (including phenoxy) is 3. The summed E-state index contributed by atoms with van der Waals surface area (Å²) in [7, 11) is 0. The number of hydrogen-bond acceptors (Lipinski definition) is 10. The van der Waals surface area contributed by atoms with E-state index in [0.717, 1.165) is 37.7 Å². The van der Waals surface area contributed by atoms with Crippen molar-refractivity contribution >= 4 is 29.0 Å². The first kappa shape index (κ1) is 32.5. The molecule has 238 valence electrons. The molecule has 3 heterocycles. The maximum atomic E-state index is 11.8. The van der Waals surface area contributed by atoms with E-state index in [1.807, 2.05) is 48.7 Å². The van der Waals surface area contributed by atoms with E-state index < -0.39 is 23.6 Å². The molecule has 2 aromatic carbocycles. The second-order valence-electron chi connectivity index (χ2n) is 11.9. The topological polar surface area (TPSA) is 149 Å². The molecule has 5 rings (SSSR count). The number of aromatic nitrogens is 3. The summed E-state index contributed by atoms with van der Waals surface area (Å²) in [5.41, 5.74) is 5.05. The van der Waals surface area contributed by atoms with Gasteiger partial charge in [0.25, 0.3) is 0 Å². The van der Waals surface area contributed by atoms with Gasteiger partial charge in [-0.15, -0.1) is 21.5 Å². The van der Waals surface area contributed by atoms with Crippen LogP contribution in [0.4, 0.5) is 0 Å². The molecule has 0 fully saturated rings. The minimum absolute atomic E-state index is 0.160. The summed E-state index contributed by atoms with van der Waals surface area (Å²) < 4.78 is 18.2. The van der Waals surface area contributed by atoms with E-state index in [1.54, 1.807) is 44.2 Å². The van der Waals surface area contributed by atoms with E-state index >= 15 is 0 Å². The summed E-state index contributed by atoms with van der Waals surface area (Å²) in [5.74, 6) is 0.179. The summed E-state index contributed by atoms with van der Waals surface area (Å²) in [5, 5.41) is 29.0. The summed E-state index contributed by atoms with van der Waals surface area (Å²) in [4.78, 5) is 29.7. The number of carbonyl (C=O) groups excluding carboxylic acids is 1. The summed E-state index contributed by atoms with van der Waals surface area (Å²) in [6.07, 6.45) is -0.214. The minimum Gasteiger partial charge on any atom is -0.490 e. The van der Waals surface area contributed by atoms with Crippen LogP contribution in [-0.2, 0) is 19.1 Å². The molecule has 0 aliphatic carbocycles. The van der Waals surface area contributed by atoms with Crippen molar-refractivity contribution in [1.29, 1.82) is 5.26 Å². The molecule has 12 heteroatoms. The van der Waals surface area contributed by atoms with Gasteiger partial charge in [0.2, 0.25) is 0 Å². The van der Waals surface area contributed by atoms with Gasteiger partial charge >= 0.3 is 11.9 Å². The SMILES string of the molecule is Cc1sc2c(c1C)C(c1ccc(-c3ccc(OCCOCC(=O)OC(C)(C)C)c(C#N)c3)cc1)=N[C@@H](CC(=O)O)c1nnc(C)n1-2. The number of aliphatic imine (C=N–C) groups is 1. The number of nitrogens with zero attached hydrogens (tertiary/aromatic N) is 5. The normalized spacial score (nSPS) is 14.0. The van der Waals surface area contributed by atoms with Crippen LogP contribution in [0.3, 0.4) is 0 Å². The number of aryl methyl sites for hydroxylation is 2. The molecule has 11 nitrogen and oxygen atoms in total. The Kier molecular flexibility index (Phi) is 9.37. The zero-order chi connectivity index (χ0) is 33.2. The Morgan fingerprint density at radius 1 is 1.02 bits per heavy atom. The number of esters is 1.